The van der Waals surface area contributed by atoms with Crippen LogP contribution in [0.4, 0.5) is 11.4 Å². The van der Waals surface area contributed by atoms with Gasteiger partial charge in [0.15, 0.2) is 0 Å². The van der Waals surface area contributed by atoms with Crippen molar-refractivity contribution < 1.29 is 41.6 Å². The summed E-state index contributed by atoms with van der Waals surface area (Å²) in [6.45, 7) is 17.8. The topological polar surface area (TPSA) is 37.6 Å². The number of aliphatic imine (C=N–C) groups is 2. The third-order valence-corrected chi connectivity index (χ3v) is 6.59. The van der Waals surface area contributed by atoms with Gasteiger partial charge in [0.25, 0.3) is 0 Å². The molecule has 0 fully saturated rings. The number of para-hydroxylation sites is 2. The Hall–Kier alpha value is -1.98. The van der Waals surface area contributed by atoms with Crippen molar-refractivity contribution in [2.45, 2.75) is 91.9 Å². The van der Waals surface area contributed by atoms with Gasteiger partial charge < -0.3 is 24.8 Å². The fourth-order valence-corrected chi connectivity index (χ4v) is 4.54. The number of hydrogen-bond donors (Lipinski definition) is 0. The number of hydrogen-bond acceptors (Lipinski definition) is 3. The van der Waals surface area contributed by atoms with Gasteiger partial charge in [0, 0.05) is 36.7 Å². The van der Waals surface area contributed by atoms with E-state index >= 15 is 0 Å². The average Bonchev–Trinajstić information content (AvgIpc) is 2.84. The van der Waals surface area contributed by atoms with Crippen molar-refractivity contribution in [3.05, 3.63) is 88.2 Å². The van der Waals surface area contributed by atoms with Gasteiger partial charge in [0.1, 0.15) is 0 Å². The summed E-state index contributed by atoms with van der Waals surface area (Å²) in [4.78, 5) is 14.8. The van der Waals surface area contributed by atoms with Gasteiger partial charge in [-0.1, -0.05) is 97.9 Å². The molecule has 213 valence electrons. The molecule has 1 aromatic heterocycles. The van der Waals surface area contributed by atoms with Crippen LogP contribution in [0.2, 0.25) is 0 Å². The Balaban J connectivity index is 0.00000481. The molecule has 39 heavy (non-hydrogen) atoms. The summed E-state index contributed by atoms with van der Waals surface area (Å²) >= 11 is 0. The zero-order chi connectivity index (χ0) is 26.2. The molecular weight excluding hydrogens is 568 g/mol. The quantitative estimate of drug-likeness (QED) is 0.324. The molecular formula is C33H43Cl2CoN3. The van der Waals surface area contributed by atoms with E-state index in [-0.39, 0.29) is 41.6 Å². The van der Waals surface area contributed by atoms with Crippen LogP contribution < -0.4 is 24.8 Å². The molecule has 0 atom stereocenters. The van der Waals surface area contributed by atoms with Crippen LogP contribution in [-0.2, 0) is 29.6 Å². The largest absolute Gasteiger partial charge is 2.00 e. The van der Waals surface area contributed by atoms with Gasteiger partial charge in [0.05, 0.1) is 11.4 Å². The predicted octanol–water partition coefficient (Wildman–Crippen LogP) is 3.47. The zero-order valence-electron chi connectivity index (χ0n) is 24.5. The third-order valence-electron chi connectivity index (χ3n) is 6.59. The first-order chi connectivity index (χ1) is 17.2. The number of aromatic nitrogens is 1. The molecule has 6 heteroatoms. The summed E-state index contributed by atoms with van der Waals surface area (Å²) in [5.74, 6) is 1.75. The van der Waals surface area contributed by atoms with E-state index in [1.54, 1.807) is 0 Å². The van der Waals surface area contributed by atoms with Gasteiger partial charge in [-0.25, -0.2) is 0 Å². The second-order valence-electron chi connectivity index (χ2n) is 10.8. The van der Waals surface area contributed by atoms with E-state index in [1.807, 2.05) is 12.4 Å². The zero-order valence-corrected chi connectivity index (χ0v) is 27.1. The fourth-order valence-electron chi connectivity index (χ4n) is 4.54. The van der Waals surface area contributed by atoms with E-state index in [4.69, 9.17) is 15.0 Å². The van der Waals surface area contributed by atoms with Gasteiger partial charge in [-0.15, -0.1) is 0 Å². The number of pyridine rings is 1. The van der Waals surface area contributed by atoms with Crippen LogP contribution in [0.5, 0.6) is 0 Å². The van der Waals surface area contributed by atoms with E-state index in [0.29, 0.717) is 36.5 Å². The monoisotopic (exact) mass is 610 g/mol. The Morgan fingerprint density at radius 2 is 0.821 bits per heavy atom. The van der Waals surface area contributed by atoms with Crippen molar-refractivity contribution in [1.82, 2.24) is 4.98 Å². The van der Waals surface area contributed by atoms with E-state index in [1.165, 1.54) is 22.3 Å². The molecule has 0 aliphatic heterocycles. The molecule has 1 heterocycles. The molecule has 3 rings (SSSR count). The molecule has 0 saturated carbocycles. The maximum Gasteiger partial charge on any atom is 2.00 e. The Morgan fingerprint density at radius 1 is 0.538 bits per heavy atom. The number of halogens is 2. The number of benzene rings is 2. The van der Waals surface area contributed by atoms with Crippen molar-refractivity contribution >= 4 is 23.8 Å². The minimum atomic E-state index is 0. The summed E-state index contributed by atoms with van der Waals surface area (Å²) in [5, 5.41) is 0. The van der Waals surface area contributed by atoms with E-state index in [9.17, 15) is 0 Å². The minimum absolute atomic E-state index is 0. The molecule has 3 aromatic rings. The summed E-state index contributed by atoms with van der Waals surface area (Å²) in [5.41, 5.74) is 9.52. The van der Waals surface area contributed by atoms with E-state index in [0.717, 1.165) is 22.8 Å². The summed E-state index contributed by atoms with van der Waals surface area (Å²) < 4.78 is 0. The molecule has 1 radical (unpaired) electrons. The van der Waals surface area contributed by atoms with Crippen molar-refractivity contribution in [1.29, 1.82) is 0 Å². The number of nitrogens with zero attached hydrogens (tertiary/aromatic N) is 3. The average molecular weight is 612 g/mol. The molecule has 0 bridgehead atoms. The van der Waals surface area contributed by atoms with Gasteiger partial charge in [-0.05, 0) is 58.1 Å². The standard InChI is InChI=1S/C33H43N3.2ClH.Co/c1-22(2)28-14-10-15-29(23(3)4)32(28)34-20-18-26-12-9-13-27(36-26)19-21-35-33-30(24(5)6)16-11-17-31(33)25(7)8;;;/h9-17,20-25H,18-19H2,1-8H3;2*1H;/q;;;+2/p-2. The molecule has 2 aromatic carbocycles. The summed E-state index contributed by atoms with van der Waals surface area (Å²) in [6, 6.07) is 19.3. The van der Waals surface area contributed by atoms with Crippen LogP contribution in [0.1, 0.15) is 113 Å². The second-order valence-corrected chi connectivity index (χ2v) is 10.8. The Morgan fingerprint density at radius 3 is 1.10 bits per heavy atom. The predicted molar refractivity (Wildman–Crippen MR) is 157 cm³/mol. The van der Waals surface area contributed by atoms with Crippen molar-refractivity contribution in [2.24, 2.45) is 9.98 Å². The van der Waals surface area contributed by atoms with Gasteiger partial charge in [-0.3, -0.25) is 15.0 Å². The van der Waals surface area contributed by atoms with Gasteiger partial charge >= 0.3 is 16.8 Å². The van der Waals surface area contributed by atoms with Crippen molar-refractivity contribution in [3.63, 3.8) is 0 Å². The molecule has 0 spiro atoms. The first-order valence-corrected chi connectivity index (χ1v) is 13.4. The summed E-state index contributed by atoms with van der Waals surface area (Å²) in [6.07, 6.45) is 5.45. The smallest absolute Gasteiger partial charge is 1.00 e. The molecule has 0 saturated heterocycles. The van der Waals surface area contributed by atoms with Crippen molar-refractivity contribution in [3.8, 4) is 0 Å². The van der Waals surface area contributed by atoms with Crippen LogP contribution in [0.3, 0.4) is 0 Å². The first kappa shape index (κ1) is 37.0. The maximum atomic E-state index is 4.94. The SMILES string of the molecule is CC(C)c1cccc(C(C)C)c1N=CCc1cccc(CC=Nc2c(C(C)C)cccc2C(C)C)n1.[Cl-].[Cl-].[Co+2]. The molecule has 3 nitrogen and oxygen atoms in total. The van der Waals surface area contributed by atoms with Crippen LogP contribution in [0.25, 0.3) is 0 Å². The fraction of sp³-hybridized carbons (Fsp3) is 0.424. The normalized spacial score (nSPS) is 11.4. The number of rotatable bonds is 10. The Bertz CT molecular complexity index is 1070. The van der Waals surface area contributed by atoms with Crippen LogP contribution in [-0.4, -0.2) is 17.4 Å². The first-order valence-electron chi connectivity index (χ1n) is 13.4. The molecule has 0 aliphatic rings. The molecule has 0 unspecified atom stereocenters. The van der Waals surface area contributed by atoms with Crippen molar-refractivity contribution in [2.75, 3.05) is 0 Å². The molecule has 0 amide bonds. The van der Waals surface area contributed by atoms with Crippen LogP contribution in [0.15, 0.2) is 64.6 Å². The van der Waals surface area contributed by atoms with Crippen LogP contribution >= 0.6 is 0 Å². The summed E-state index contributed by atoms with van der Waals surface area (Å²) in [7, 11) is 0. The minimum Gasteiger partial charge on any atom is -1.00 e. The van der Waals surface area contributed by atoms with Crippen LogP contribution in [0, 0.1) is 0 Å². The second kappa shape index (κ2) is 17.7. The molecule has 0 N–H and O–H groups in total. The third kappa shape index (κ3) is 10.2. The maximum absolute atomic E-state index is 4.94. The Kier molecular flexibility index (Phi) is 16.8. The van der Waals surface area contributed by atoms with E-state index in [2.05, 4.69) is 110 Å². The van der Waals surface area contributed by atoms with Gasteiger partial charge in [-0.2, -0.15) is 0 Å². The Labute approximate surface area is 259 Å². The molecule has 0 aliphatic carbocycles. The van der Waals surface area contributed by atoms with Gasteiger partial charge in [0.2, 0.25) is 0 Å². The van der Waals surface area contributed by atoms with E-state index < -0.39 is 0 Å².